The van der Waals surface area contributed by atoms with Crippen molar-refractivity contribution < 1.29 is 13.9 Å². The number of nitriles is 1. The summed E-state index contributed by atoms with van der Waals surface area (Å²) in [7, 11) is 0. The fourth-order valence-corrected chi connectivity index (χ4v) is 1.72. The number of carbonyl (C=O) groups excluding carboxylic acids is 1. The molecule has 1 aromatic heterocycles. The first-order valence-electron chi connectivity index (χ1n) is 5.82. The third kappa shape index (κ3) is 3.91. The summed E-state index contributed by atoms with van der Waals surface area (Å²) in [6.07, 6.45) is 0.931. The second-order valence-electron chi connectivity index (χ2n) is 3.92. The molecule has 7 heteroatoms. The molecule has 1 amide bonds. The van der Waals surface area contributed by atoms with E-state index in [0.717, 1.165) is 12.3 Å². The first-order valence-corrected chi connectivity index (χ1v) is 6.20. The maximum absolute atomic E-state index is 13.1. The molecule has 0 unspecified atom stereocenters. The van der Waals surface area contributed by atoms with Crippen LogP contribution < -0.4 is 10.1 Å². The van der Waals surface area contributed by atoms with Gasteiger partial charge in [0.1, 0.15) is 22.8 Å². The average molecular weight is 306 g/mol. The Bertz CT molecular complexity index is 698. The fraction of sp³-hybridized carbons (Fsp3) is 0.0714. The van der Waals surface area contributed by atoms with Crippen LogP contribution in [0.15, 0.2) is 36.5 Å². The number of anilines is 1. The highest BCUT2D eigenvalue weighted by Gasteiger charge is 2.13. The highest BCUT2D eigenvalue weighted by atomic mass is 35.5. The Hall–Kier alpha value is -2.65. The lowest BCUT2D eigenvalue weighted by Gasteiger charge is -2.07. The van der Waals surface area contributed by atoms with Gasteiger partial charge in [-0.05, 0) is 30.3 Å². The van der Waals surface area contributed by atoms with Gasteiger partial charge in [-0.25, -0.2) is 9.37 Å². The van der Waals surface area contributed by atoms with Crippen molar-refractivity contribution in [2.75, 3.05) is 11.9 Å². The van der Waals surface area contributed by atoms with Crippen molar-refractivity contribution in [3.05, 3.63) is 53.1 Å². The van der Waals surface area contributed by atoms with Crippen molar-refractivity contribution in [2.45, 2.75) is 0 Å². The van der Waals surface area contributed by atoms with Crippen molar-refractivity contribution in [1.29, 1.82) is 5.26 Å². The number of amides is 1. The van der Waals surface area contributed by atoms with Gasteiger partial charge in [0.25, 0.3) is 5.91 Å². The number of rotatable bonds is 4. The van der Waals surface area contributed by atoms with Gasteiger partial charge in [0.15, 0.2) is 6.61 Å². The van der Waals surface area contributed by atoms with Crippen LogP contribution in [0.4, 0.5) is 10.1 Å². The minimum absolute atomic E-state index is 0.0542. The largest absolute Gasteiger partial charge is 0.479 e. The molecule has 0 saturated carbocycles. The van der Waals surface area contributed by atoms with Crippen LogP contribution in [0, 0.1) is 17.1 Å². The molecule has 0 aliphatic rings. The summed E-state index contributed by atoms with van der Waals surface area (Å²) in [6, 6.07) is 9.22. The van der Waals surface area contributed by atoms with E-state index in [-0.39, 0.29) is 17.3 Å². The second-order valence-corrected chi connectivity index (χ2v) is 4.28. The van der Waals surface area contributed by atoms with Gasteiger partial charge >= 0.3 is 0 Å². The minimum Gasteiger partial charge on any atom is -0.479 e. The monoisotopic (exact) mass is 305 g/mol. The van der Waals surface area contributed by atoms with E-state index in [0.29, 0.717) is 11.4 Å². The number of benzene rings is 1. The lowest BCUT2D eigenvalue weighted by Crippen LogP contribution is -2.13. The number of carbonyl (C=O) groups is 1. The van der Waals surface area contributed by atoms with Gasteiger partial charge in [0.05, 0.1) is 11.8 Å². The van der Waals surface area contributed by atoms with Gasteiger partial charge in [0.2, 0.25) is 0 Å². The van der Waals surface area contributed by atoms with E-state index in [1.807, 2.05) is 6.07 Å². The summed E-state index contributed by atoms with van der Waals surface area (Å²) in [6.45, 7) is -0.0593. The third-order valence-electron chi connectivity index (χ3n) is 2.47. The molecule has 0 radical (unpaired) electrons. The Morgan fingerprint density at radius 1 is 1.43 bits per heavy atom. The number of hydrogen-bond acceptors (Lipinski definition) is 4. The molecule has 2 rings (SSSR count). The molecule has 0 atom stereocenters. The molecule has 0 aliphatic heterocycles. The van der Waals surface area contributed by atoms with Crippen LogP contribution in [0.5, 0.6) is 5.75 Å². The van der Waals surface area contributed by atoms with E-state index in [2.05, 4.69) is 10.3 Å². The maximum Gasteiger partial charge on any atom is 0.258 e. The van der Waals surface area contributed by atoms with Gasteiger partial charge in [-0.15, -0.1) is 0 Å². The predicted octanol–water partition coefficient (Wildman–Crippen LogP) is 3.03. The van der Waals surface area contributed by atoms with E-state index in [1.54, 1.807) is 24.3 Å². The first kappa shape index (κ1) is 14.8. The Morgan fingerprint density at radius 3 is 2.81 bits per heavy atom. The van der Waals surface area contributed by atoms with Gasteiger partial charge in [-0.2, -0.15) is 5.26 Å². The minimum atomic E-state index is -0.648. The van der Waals surface area contributed by atoms with Crippen molar-refractivity contribution in [1.82, 2.24) is 4.98 Å². The summed E-state index contributed by atoms with van der Waals surface area (Å²) in [5.41, 5.74) is 0.422. The summed E-state index contributed by atoms with van der Waals surface area (Å²) < 4.78 is 18.2. The summed E-state index contributed by atoms with van der Waals surface area (Å²) in [5, 5.41) is 10.9. The number of nitrogens with zero attached hydrogens (tertiary/aromatic N) is 2. The van der Waals surface area contributed by atoms with Crippen LogP contribution in [-0.2, 0) is 0 Å². The van der Waals surface area contributed by atoms with E-state index < -0.39 is 11.7 Å². The number of ether oxygens (including phenoxy) is 1. The quantitative estimate of drug-likeness (QED) is 0.881. The molecule has 106 valence electrons. The van der Waals surface area contributed by atoms with E-state index in [9.17, 15) is 9.18 Å². The van der Waals surface area contributed by atoms with Gasteiger partial charge in [-0.3, -0.25) is 4.79 Å². The second kappa shape index (κ2) is 6.68. The van der Waals surface area contributed by atoms with Gasteiger partial charge in [0, 0.05) is 5.69 Å². The number of halogens is 2. The predicted molar refractivity (Wildman–Crippen MR) is 74.7 cm³/mol. The van der Waals surface area contributed by atoms with Crippen molar-refractivity contribution in [3.63, 3.8) is 0 Å². The molecule has 2 aromatic rings. The number of hydrogen-bond donors (Lipinski definition) is 1. The normalized spacial score (nSPS) is 9.76. The molecule has 1 heterocycles. The highest BCUT2D eigenvalue weighted by Crippen LogP contribution is 2.19. The molecule has 1 aromatic carbocycles. The molecule has 1 N–H and O–H groups in total. The highest BCUT2D eigenvalue weighted by molar-refractivity contribution is 6.33. The van der Waals surface area contributed by atoms with E-state index >= 15 is 0 Å². The summed E-state index contributed by atoms with van der Waals surface area (Å²) >= 11 is 5.75. The Morgan fingerprint density at radius 2 is 2.14 bits per heavy atom. The van der Waals surface area contributed by atoms with Crippen LogP contribution in [0.1, 0.15) is 10.4 Å². The maximum atomic E-state index is 13.1. The lowest BCUT2D eigenvalue weighted by molar-refractivity contribution is 0.102. The first-order chi connectivity index (χ1) is 10.1. The summed E-state index contributed by atoms with van der Waals surface area (Å²) in [5.74, 6) is -0.720. The zero-order chi connectivity index (χ0) is 15.2. The average Bonchev–Trinajstić information content (AvgIpc) is 2.49. The molecule has 0 aliphatic carbocycles. The third-order valence-corrected chi connectivity index (χ3v) is 2.77. The lowest BCUT2D eigenvalue weighted by atomic mass is 10.2. The SMILES string of the molecule is N#CCOc1ccc(NC(=O)c2cc(F)cnc2Cl)cc1. The van der Waals surface area contributed by atoms with Crippen LogP contribution >= 0.6 is 11.6 Å². The van der Waals surface area contributed by atoms with E-state index in [1.165, 1.54) is 0 Å². The van der Waals surface area contributed by atoms with Gasteiger partial charge in [-0.1, -0.05) is 11.6 Å². The number of nitrogens with one attached hydrogen (secondary N) is 1. The van der Waals surface area contributed by atoms with Crippen LogP contribution in [-0.4, -0.2) is 17.5 Å². The molecule has 5 nitrogen and oxygen atoms in total. The fourth-order valence-electron chi connectivity index (χ4n) is 1.53. The zero-order valence-corrected chi connectivity index (χ0v) is 11.4. The molecule has 0 bridgehead atoms. The molecular formula is C14H9ClFN3O2. The van der Waals surface area contributed by atoms with Crippen molar-refractivity contribution in [2.24, 2.45) is 0 Å². The Kier molecular flexibility index (Phi) is 4.69. The van der Waals surface area contributed by atoms with Crippen molar-refractivity contribution >= 4 is 23.2 Å². The Labute approximate surface area is 124 Å². The topological polar surface area (TPSA) is 75.0 Å². The zero-order valence-electron chi connectivity index (χ0n) is 10.6. The molecule has 21 heavy (non-hydrogen) atoms. The Balaban J connectivity index is 2.09. The van der Waals surface area contributed by atoms with Gasteiger partial charge < -0.3 is 10.1 Å². The standard InChI is InChI=1S/C14H9ClFN3O2/c15-13-12(7-9(16)8-18-13)14(20)19-10-1-3-11(4-2-10)21-6-5-17/h1-4,7-8H,6H2,(H,19,20). The molecule has 0 spiro atoms. The summed E-state index contributed by atoms with van der Waals surface area (Å²) in [4.78, 5) is 15.5. The van der Waals surface area contributed by atoms with E-state index in [4.69, 9.17) is 21.6 Å². The number of pyridine rings is 1. The van der Waals surface area contributed by atoms with Crippen LogP contribution in [0.2, 0.25) is 5.15 Å². The molecule has 0 saturated heterocycles. The van der Waals surface area contributed by atoms with Crippen LogP contribution in [0.3, 0.4) is 0 Å². The molecular weight excluding hydrogens is 297 g/mol. The smallest absolute Gasteiger partial charge is 0.258 e. The number of aromatic nitrogens is 1. The van der Waals surface area contributed by atoms with Crippen LogP contribution in [0.25, 0.3) is 0 Å². The molecule has 0 fully saturated rings. The van der Waals surface area contributed by atoms with Crippen molar-refractivity contribution in [3.8, 4) is 11.8 Å².